The minimum atomic E-state index is -2.73. The van der Waals surface area contributed by atoms with Crippen molar-refractivity contribution in [3.63, 3.8) is 0 Å². The van der Waals surface area contributed by atoms with Crippen LogP contribution in [0.4, 0.5) is 26.1 Å². The highest BCUT2D eigenvalue weighted by Gasteiger charge is 2.29. The summed E-state index contributed by atoms with van der Waals surface area (Å²) < 4.78 is 28.5. The third kappa shape index (κ3) is 5.33. The van der Waals surface area contributed by atoms with Gasteiger partial charge in [0.15, 0.2) is 5.82 Å². The van der Waals surface area contributed by atoms with E-state index in [0.29, 0.717) is 51.9 Å². The summed E-state index contributed by atoms with van der Waals surface area (Å²) in [6.45, 7) is -0.877. The molecule has 10 nitrogen and oxygen atoms in total. The molecule has 0 aromatic carbocycles. The van der Waals surface area contributed by atoms with Gasteiger partial charge in [-0.2, -0.15) is 19.0 Å². The molecule has 1 fully saturated rings. The Morgan fingerprint density at radius 3 is 2.64 bits per heavy atom. The van der Waals surface area contributed by atoms with Crippen LogP contribution in [0, 0.1) is 0 Å². The molecule has 1 saturated carbocycles. The number of aryl methyl sites for hydroxylation is 1. The van der Waals surface area contributed by atoms with E-state index in [-0.39, 0.29) is 6.04 Å². The van der Waals surface area contributed by atoms with Gasteiger partial charge in [-0.05, 0) is 44.7 Å². The molecule has 36 heavy (non-hydrogen) atoms. The fraction of sp³-hybridized carbons (Fsp3) is 0.375. The number of aromatic nitrogens is 7. The van der Waals surface area contributed by atoms with E-state index < -0.39 is 12.2 Å². The second kappa shape index (κ2) is 9.61. The van der Waals surface area contributed by atoms with E-state index in [1.165, 1.54) is 12.3 Å². The molecule has 3 N–H and O–H groups in total. The fourth-order valence-corrected chi connectivity index (χ4v) is 4.28. The Balaban J connectivity index is 1.43. The van der Waals surface area contributed by atoms with Gasteiger partial charge in [-0.15, -0.1) is 0 Å². The first-order valence-corrected chi connectivity index (χ1v) is 11.7. The lowest BCUT2D eigenvalue weighted by molar-refractivity contribution is 0.0196. The van der Waals surface area contributed by atoms with Crippen molar-refractivity contribution in [2.45, 2.75) is 50.8 Å². The average Bonchev–Trinajstić information content (AvgIpc) is 3.51. The lowest BCUT2D eigenvalue weighted by Gasteiger charge is -2.34. The van der Waals surface area contributed by atoms with Crippen molar-refractivity contribution in [3.8, 4) is 22.6 Å². The molecule has 4 aromatic heterocycles. The number of aliphatic hydroxyl groups is 1. The number of alkyl halides is 2. The highest BCUT2D eigenvalue weighted by atomic mass is 19.3. The van der Waals surface area contributed by atoms with Crippen LogP contribution in [0.2, 0.25) is 0 Å². The second-order valence-corrected chi connectivity index (χ2v) is 9.28. The average molecular weight is 496 g/mol. The number of halogens is 2. The Hall–Kier alpha value is -3.93. The molecule has 188 valence electrons. The van der Waals surface area contributed by atoms with E-state index >= 15 is 0 Å². The topological polar surface area (TPSA) is 119 Å². The Morgan fingerprint density at radius 2 is 1.94 bits per heavy atom. The first kappa shape index (κ1) is 23.8. The standard InChI is InChI=1S/C24H27F2N9O/c1-24(36)7-3-16(4-8-24)30-19-11-21(28-13-17(19)18-6-10-35(33-18)23(25)26)31-20-5-9-27-22(32-20)15-12-29-34(2)14-15/h5-6,9-14,16,23,36H,3-4,7-8H2,1-2H3,(H2,27,28,30,31,32). The van der Waals surface area contributed by atoms with Gasteiger partial charge in [-0.3, -0.25) is 4.68 Å². The Kier molecular flexibility index (Phi) is 6.35. The quantitative estimate of drug-likeness (QED) is 0.346. The molecule has 0 radical (unpaired) electrons. The zero-order chi connectivity index (χ0) is 25.3. The van der Waals surface area contributed by atoms with Gasteiger partial charge in [-0.25, -0.2) is 19.6 Å². The first-order valence-electron chi connectivity index (χ1n) is 11.7. The van der Waals surface area contributed by atoms with Gasteiger partial charge in [0.25, 0.3) is 0 Å². The molecule has 0 spiro atoms. The lowest BCUT2D eigenvalue weighted by atomic mass is 9.83. The summed E-state index contributed by atoms with van der Waals surface area (Å²) in [4.78, 5) is 13.3. The molecule has 0 aliphatic heterocycles. The predicted molar refractivity (Wildman–Crippen MR) is 131 cm³/mol. The molecule has 12 heteroatoms. The van der Waals surface area contributed by atoms with Gasteiger partial charge in [0, 0.05) is 55.2 Å². The molecule has 1 aliphatic carbocycles. The van der Waals surface area contributed by atoms with Crippen molar-refractivity contribution in [1.29, 1.82) is 0 Å². The molecule has 0 bridgehead atoms. The van der Waals surface area contributed by atoms with E-state index in [1.54, 1.807) is 29.3 Å². The van der Waals surface area contributed by atoms with Crippen molar-refractivity contribution < 1.29 is 13.9 Å². The van der Waals surface area contributed by atoms with Crippen molar-refractivity contribution in [3.05, 3.63) is 49.2 Å². The van der Waals surface area contributed by atoms with E-state index in [1.807, 2.05) is 26.2 Å². The monoisotopic (exact) mass is 495 g/mol. The van der Waals surface area contributed by atoms with E-state index in [2.05, 4.69) is 35.8 Å². The number of rotatable bonds is 7. The Labute approximate surface area is 206 Å². The number of nitrogens with one attached hydrogen (secondary N) is 2. The Bertz CT molecular complexity index is 1340. The van der Waals surface area contributed by atoms with Gasteiger partial charge >= 0.3 is 6.55 Å². The van der Waals surface area contributed by atoms with E-state index in [9.17, 15) is 13.9 Å². The maximum Gasteiger partial charge on any atom is 0.333 e. The van der Waals surface area contributed by atoms with Gasteiger partial charge in [0.05, 0.1) is 23.1 Å². The summed E-state index contributed by atoms with van der Waals surface area (Å²) in [5.41, 5.74) is 1.83. The maximum absolute atomic E-state index is 13.1. The predicted octanol–water partition coefficient (Wildman–Crippen LogP) is 4.38. The van der Waals surface area contributed by atoms with Gasteiger partial charge in [0.2, 0.25) is 0 Å². The minimum absolute atomic E-state index is 0.118. The van der Waals surface area contributed by atoms with Crippen molar-refractivity contribution >= 4 is 17.3 Å². The summed E-state index contributed by atoms with van der Waals surface area (Å²) in [6.07, 6.45) is 10.9. The van der Waals surface area contributed by atoms with Crippen LogP contribution >= 0.6 is 0 Å². The molecule has 0 unspecified atom stereocenters. The first-order chi connectivity index (χ1) is 17.3. The smallest absolute Gasteiger partial charge is 0.333 e. The lowest BCUT2D eigenvalue weighted by Crippen LogP contribution is -2.35. The molecular weight excluding hydrogens is 468 g/mol. The molecule has 0 amide bonds. The molecule has 4 heterocycles. The van der Waals surface area contributed by atoms with Gasteiger partial charge in [-0.1, -0.05) is 0 Å². The van der Waals surface area contributed by atoms with Crippen molar-refractivity contribution in [1.82, 2.24) is 34.5 Å². The van der Waals surface area contributed by atoms with Crippen LogP contribution in [0.5, 0.6) is 0 Å². The third-order valence-electron chi connectivity index (χ3n) is 6.29. The van der Waals surface area contributed by atoms with Crippen LogP contribution in [0.25, 0.3) is 22.6 Å². The largest absolute Gasteiger partial charge is 0.390 e. The van der Waals surface area contributed by atoms with Gasteiger partial charge in [0.1, 0.15) is 11.6 Å². The van der Waals surface area contributed by atoms with Crippen LogP contribution in [-0.2, 0) is 7.05 Å². The SMILES string of the molecule is Cn1cc(-c2nccc(Nc3cc(NC4CCC(C)(O)CC4)c(-c4ccn(C(F)F)n4)cn3)n2)cn1. The number of nitrogens with zero attached hydrogens (tertiary/aromatic N) is 7. The molecule has 0 atom stereocenters. The summed E-state index contributed by atoms with van der Waals surface area (Å²) in [5.74, 6) is 1.59. The van der Waals surface area contributed by atoms with Crippen LogP contribution < -0.4 is 10.6 Å². The third-order valence-corrected chi connectivity index (χ3v) is 6.29. The Morgan fingerprint density at radius 1 is 1.14 bits per heavy atom. The number of pyridine rings is 1. The van der Waals surface area contributed by atoms with Crippen LogP contribution in [-0.4, -0.2) is 51.3 Å². The minimum Gasteiger partial charge on any atom is -0.390 e. The molecule has 5 rings (SSSR count). The highest BCUT2D eigenvalue weighted by Crippen LogP contribution is 2.34. The second-order valence-electron chi connectivity index (χ2n) is 9.28. The fourth-order valence-electron chi connectivity index (χ4n) is 4.28. The summed E-state index contributed by atoms with van der Waals surface area (Å²) in [5, 5.41) is 25.2. The highest BCUT2D eigenvalue weighted by molar-refractivity contribution is 5.78. The van der Waals surface area contributed by atoms with Crippen LogP contribution in [0.1, 0.15) is 39.2 Å². The molecular formula is C24H27F2N9O. The van der Waals surface area contributed by atoms with Crippen molar-refractivity contribution in [2.75, 3.05) is 10.6 Å². The molecule has 0 saturated heterocycles. The normalized spacial score (nSPS) is 20.0. The van der Waals surface area contributed by atoms with Crippen LogP contribution in [0.3, 0.4) is 0 Å². The van der Waals surface area contributed by atoms with Crippen LogP contribution in [0.15, 0.2) is 49.2 Å². The van der Waals surface area contributed by atoms with E-state index in [0.717, 1.165) is 18.4 Å². The summed E-state index contributed by atoms with van der Waals surface area (Å²) >= 11 is 0. The van der Waals surface area contributed by atoms with Gasteiger partial charge < -0.3 is 15.7 Å². The molecule has 1 aliphatic rings. The van der Waals surface area contributed by atoms with E-state index in [4.69, 9.17) is 0 Å². The maximum atomic E-state index is 13.1. The van der Waals surface area contributed by atoms with Crippen molar-refractivity contribution in [2.24, 2.45) is 7.05 Å². The zero-order valence-electron chi connectivity index (χ0n) is 19.9. The zero-order valence-corrected chi connectivity index (χ0v) is 19.9. The molecule has 4 aromatic rings. The summed E-state index contributed by atoms with van der Waals surface area (Å²) in [6, 6.07) is 5.20. The number of anilines is 3. The summed E-state index contributed by atoms with van der Waals surface area (Å²) in [7, 11) is 1.82. The number of hydrogen-bond acceptors (Lipinski definition) is 8. The number of hydrogen-bond donors (Lipinski definition) is 3.